The van der Waals surface area contributed by atoms with Gasteiger partial charge in [-0.1, -0.05) is 24.3 Å². The van der Waals surface area contributed by atoms with Crippen molar-refractivity contribution in [1.29, 1.82) is 0 Å². The van der Waals surface area contributed by atoms with Crippen molar-refractivity contribution in [1.82, 2.24) is 9.97 Å². The van der Waals surface area contributed by atoms with Crippen LogP contribution in [-0.2, 0) is 0 Å². The lowest BCUT2D eigenvalue weighted by Gasteiger charge is -2.16. The second-order valence-corrected chi connectivity index (χ2v) is 5.71. The average Bonchev–Trinajstić information content (AvgIpc) is 3.07. The maximum atomic E-state index is 11.3. The molecule has 0 aliphatic carbocycles. The van der Waals surface area contributed by atoms with Gasteiger partial charge in [0, 0.05) is 11.5 Å². The highest BCUT2D eigenvalue weighted by Gasteiger charge is 2.31. The number of alkyl halides is 1. The van der Waals surface area contributed by atoms with E-state index in [1.807, 2.05) is 36.4 Å². The molecule has 3 aromatic rings. The molecule has 1 aromatic heterocycles. The standard InChI is InChI=1S/C16H13ClN2O2/c17-15(11-8-21-14-4-2-1-3-10(11)14)9-5-6-12-13(7-9)19-16(20)18-12/h1-7,11,15H,8H2,(H2,18,19,20). The van der Waals surface area contributed by atoms with E-state index in [2.05, 4.69) is 16.0 Å². The zero-order valence-electron chi connectivity index (χ0n) is 11.1. The molecule has 0 bridgehead atoms. The fourth-order valence-electron chi connectivity index (χ4n) is 2.88. The first kappa shape index (κ1) is 12.5. The third kappa shape index (κ3) is 2.03. The molecule has 2 atom stereocenters. The summed E-state index contributed by atoms with van der Waals surface area (Å²) in [6, 6.07) is 13.7. The van der Waals surface area contributed by atoms with Crippen LogP contribution in [0.3, 0.4) is 0 Å². The van der Waals surface area contributed by atoms with Crippen molar-refractivity contribution in [2.45, 2.75) is 11.3 Å². The molecule has 2 N–H and O–H groups in total. The molecule has 21 heavy (non-hydrogen) atoms. The highest BCUT2D eigenvalue weighted by Crippen LogP contribution is 2.44. The van der Waals surface area contributed by atoms with Crippen LogP contribution in [0.4, 0.5) is 0 Å². The molecule has 0 saturated heterocycles. The lowest BCUT2D eigenvalue weighted by molar-refractivity contribution is 0.328. The minimum Gasteiger partial charge on any atom is -0.493 e. The number of hydrogen-bond donors (Lipinski definition) is 2. The number of imidazole rings is 1. The smallest absolute Gasteiger partial charge is 0.323 e. The van der Waals surface area contributed by atoms with E-state index in [4.69, 9.17) is 16.3 Å². The normalized spacial score (nSPS) is 18.4. The Hall–Kier alpha value is -2.20. The Labute approximate surface area is 125 Å². The maximum Gasteiger partial charge on any atom is 0.323 e. The molecule has 4 nitrogen and oxygen atoms in total. The average molecular weight is 301 g/mol. The van der Waals surface area contributed by atoms with Crippen molar-refractivity contribution < 1.29 is 4.74 Å². The molecule has 2 heterocycles. The molecule has 0 spiro atoms. The number of nitrogens with one attached hydrogen (secondary N) is 2. The van der Waals surface area contributed by atoms with E-state index in [9.17, 15) is 4.79 Å². The van der Waals surface area contributed by atoms with Crippen LogP contribution in [-0.4, -0.2) is 16.6 Å². The summed E-state index contributed by atoms with van der Waals surface area (Å²) in [5.74, 6) is 1.02. The third-order valence-corrected chi connectivity index (χ3v) is 4.50. The minimum absolute atomic E-state index is 0.117. The fourth-order valence-corrected chi connectivity index (χ4v) is 3.23. The summed E-state index contributed by atoms with van der Waals surface area (Å²) in [5, 5.41) is -0.198. The monoisotopic (exact) mass is 300 g/mol. The molecule has 0 amide bonds. The molecular formula is C16H13ClN2O2. The van der Waals surface area contributed by atoms with Gasteiger partial charge in [0.2, 0.25) is 0 Å². The van der Waals surface area contributed by atoms with Crippen molar-refractivity contribution in [3.05, 3.63) is 64.1 Å². The molecule has 5 heteroatoms. The van der Waals surface area contributed by atoms with Gasteiger partial charge in [0.05, 0.1) is 23.0 Å². The molecule has 4 rings (SSSR count). The van der Waals surface area contributed by atoms with Crippen LogP contribution in [0, 0.1) is 0 Å². The van der Waals surface area contributed by atoms with Gasteiger partial charge in [-0.15, -0.1) is 11.6 Å². The number of benzene rings is 2. The molecule has 2 aromatic carbocycles. The number of hydrogen-bond acceptors (Lipinski definition) is 2. The second-order valence-electron chi connectivity index (χ2n) is 5.24. The summed E-state index contributed by atoms with van der Waals surface area (Å²) in [6.45, 7) is 0.579. The van der Waals surface area contributed by atoms with Gasteiger partial charge in [-0.05, 0) is 23.8 Å². The highest BCUT2D eigenvalue weighted by molar-refractivity contribution is 6.21. The van der Waals surface area contributed by atoms with Crippen molar-refractivity contribution >= 4 is 22.6 Å². The Kier molecular flexibility index (Phi) is 2.79. The summed E-state index contributed by atoms with van der Waals surface area (Å²) in [6.07, 6.45) is 0. The SMILES string of the molecule is O=c1[nH]c2ccc(C(Cl)C3COc4ccccc43)cc2[nH]1. The molecule has 2 unspecified atom stereocenters. The first-order valence-electron chi connectivity index (χ1n) is 6.80. The molecule has 0 fully saturated rings. The van der Waals surface area contributed by atoms with Crippen LogP contribution in [0.15, 0.2) is 47.3 Å². The van der Waals surface area contributed by atoms with Gasteiger partial charge in [-0.3, -0.25) is 0 Å². The maximum absolute atomic E-state index is 11.3. The number of ether oxygens (including phenoxy) is 1. The van der Waals surface area contributed by atoms with Crippen LogP contribution >= 0.6 is 11.6 Å². The Morgan fingerprint density at radius 3 is 2.86 bits per heavy atom. The Morgan fingerprint density at radius 1 is 1.14 bits per heavy atom. The lowest BCUT2D eigenvalue weighted by atomic mass is 9.93. The Bertz CT molecular complexity index is 868. The van der Waals surface area contributed by atoms with E-state index < -0.39 is 0 Å². The minimum atomic E-state index is -0.206. The van der Waals surface area contributed by atoms with E-state index in [1.54, 1.807) is 0 Å². The van der Waals surface area contributed by atoms with E-state index in [1.165, 1.54) is 0 Å². The van der Waals surface area contributed by atoms with Crippen molar-refractivity contribution in [3.63, 3.8) is 0 Å². The van der Waals surface area contributed by atoms with Crippen LogP contribution in [0.25, 0.3) is 11.0 Å². The van der Waals surface area contributed by atoms with E-state index in [0.717, 1.165) is 27.9 Å². The Balaban J connectivity index is 1.73. The third-order valence-electron chi connectivity index (χ3n) is 3.95. The summed E-state index contributed by atoms with van der Waals surface area (Å²) in [7, 11) is 0. The number of rotatable bonds is 2. The second kappa shape index (κ2) is 4.67. The van der Waals surface area contributed by atoms with Gasteiger partial charge >= 0.3 is 5.69 Å². The molecule has 0 radical (unpaired) electrons. The zero-order valence-corrected chi connectivity index (χ0v) is 11.9. The van der Waals surface area contributed by atoms with Crippen LogP contribution in [0.5, 0.6) is 5.75 Å². The molecule has 1 aliphatic heterocycles. The molecular weight excluding hydrogens is 288 g/mol. The van der Waals surface area contributed by atoms with E-state index in [-0.39, 0.29) is 17.0 Å². The number of para-hydroxylation sites is 1. The first-order valence-corrected chi connectivity index (χ1v) is 7.24. The van der Waals surface area contributed by atoms with Gasteiger partial charge in [0.1, 0.15) is 5.75 Å². The van der Waals surface area contributed by atoms with Crippen LogP contribution in [0.2, 0.25) is 0 Å². The summed E-state index contributed by atoms with van der Waals surface area (Å²) in [4.78, 5) is 16.8. The first-order chi connectivity index (χ1) is 10.2. The zero-order chi connectivity index (χ0) is 14.4. The van der Waals surface area contributed by atoms with Crippen molar-refractivity contribution in [2.75, 3.05) is 6.61 Å². The van der Waals surface area contributed by atoms with Gasteiger partial charge in [-0.2, -0.15) is 0 Å². The van der Waals surface area contributed by atoms with E-state index >= 15 is 0 Å². The fraction of sp³-hybridized carbons (Fsp3) is 0.188. The number of halogens is 1. The van der Waals surface area contributed by atoms with Crippen molar-refractivity contribution in [3.8, 4) is 5.75 Å². The summed E-state index contributed by atoms with van der Waals surface area (Å²) in [5.41, 5.74) is 3.47. The molecule has 106 valence electrons. The van der Waals surface area contributed by atoms with Gasteiger partial charge in [-0.25, -0.2) is 4.79 Å². The van der Waals surface area contributed by atoms with Gasteiger partial charge < -0.3 is 14.7 Å². The molecule has 0 saturated carbocycles. The van der Waals surface area contributed by atoms with E-state index in [0.29, 0.717) is 6.61 Å². The van der Waals surface area contributed by atoms with Crippen LogP contribution in [0.1, 0.15) is 22.4 Å². The predicted octanol–water partition coefficient (Wildman–Crippen LogP) is 3.31. The molecule has 1 aliphatic rings. The largest absolute Gasteiger partial charge is 0.493 e. The number of aromatic nitrogens is 2. The summed E-state index contributed by atoms with van der Waals surface area (Å²) >= 11 is 6.67. The predicted molar refractivity (Wildman–Crippen MR) is 82.2 cm³/mol. The van der Waals surface area contributed by atoms with Crippen LogP contribution < -0.4 is 10.4 Å². The topological polar surface area (TPSA) is 57.9 Å². The number of aromatic amines is 2. The number of H-pyrrole nitrogens is 2. The van der Waals surface area contributed by atoms with Gasteiger partial charge in [0.25, 0.3) is 0 Å². The summed E-state index contributed by atoms with van der Waals surface area (Å²) < 4.78 is 5.70. The quantitative estimate of drug-likeness (QED) is 0.713. The van der Waals surface area contributed by atoms with Gasteiger partial charge in [0.15, 0.2) is 0 Å². The van der Waals surface area contributed by atoms with Crippen molar-refractivity contribution in [2.24, 2.45) is 0 Å². The highest BCUT2D eigenvalue weighted by atomic mass is 35.5. The lowest BCUT2D eigenvalue weighted by Crippen LogP contribution is -2.08. The number of fused-ring (bicyclic) bond motifs is 2. The Morgan fingerprint density at radius 2 is 1.95 bits per heavy atom.